The average Bonchev–Trinajstić information content (AvgIpc) is 2.46. The highest BCUT2D eigenvalue weighted by molar-refractivity contribution is 9.10. The Morgan fingerprint density at radius 1 is 1.16 bits per heavy atom. The van der Waals surface area contributed by atoms with Gasteiger partial charge < -0.3 is 9.64 Å². The Morgan fingerprint density at radius 3 is 2.42 bits per heavy atom. The standard InChI is InChI=1S/C15H15BrClNO/c1-18(13-5-7-14(19-2)8-6-13)15-9-12(16)4-3-11(15)10-17/h3-9H,10H2,1-2H3. The lowest BCUT2D eigenvalue weighted by atomic mass is 10.1. The van der Waals surface area contributed by atoms with Gasteiger partial charge in [0, 0.05) is 28.8 Å². The van der Waals surface area contributed by atoms with Gasteiger partial charge in [0.1, 0.15) is 5.75 Å². The van der Waals surface area contributed by atoms with Crippen molar-refractivity contribution in [3.05, 3.63) is 52.5 Å². The molecule has 0 bridgehead atoms. The number of nitrogens with zero attached hydrogens (tertiary/aromatic N) is 1. The number of alkyl halides is 1. The van der Waals surface area contributed by atoms with Crippen molar-refractivity contribution in [1.82, 2.24) is 0 Å². The minimum atomic E-state index is 0.489. The van der Waals surface area contributed by atoms with Crippen LogP contribution in [0, 0.1) is 0 Å². The molecule has 0 aliphatic rings. The summed E-state index contributed by atoms with van der Waals surface area (Å²) in [7, 11) is 3.69. The summed E-state index contributed by atoms with van der Waals surface area (Å²) in [5.74, 6) is 1.34. The summed E-state index contributed by atoms with van der Waals surface area (Å²) in [6.45, 7) is 0. The molecular formula is C15H15BrClNO. The highest BCUT2D eigenvalue weighted by Gasteiger charge is 2.09. The largest absolute Gasteiger partial charge is 0.497 e. The second kappa shape index (κ2) is 6.31. The van der Waals surface area contributed by atoms with Crippen molar-refractivity contribution < 1.29 is 4.74 Å². The second-order valence-corrected chi connectivity index (χ2v) is 5.35. The third-order valence-corrected chi connectivity index (χ3v) is 3.79. The number of hydrogen-bond acceptors (Lipinski definition) is 2. The number of ether oxygens (including phenoxy) is 1. The summed E-state index contributed by atoms with van der Waals surface area (Å²) in [6.07, 6.45) is 0. The van der Waals surface area contributed by atoms with Gasteiger partial charge in [-0.1, -0.05) is 22.0 Å². The summed E-state index contributed by atoms with van der Waals surface area (Å²) < 4.78 is 6.21. The lowest BCUT2D eigenvalue weighted by Crippen LogP contribution is -2.11. The molecule has 0 unspecified atom stereocenters. The molecule has 2 aromatic carbocycles. The van der Waals surface area contributed by atoms with Crippen molar-refractivity contribution in [2.75, 3.05) is 19.1 Å². The van der Waals surface area contributed by atoms with Gasteiger partial charge in [0.2, 0.25) is 0 Å². The molecule has 0 spiro atoms. The Morgan fingerprint density at radius 2 is 1.84 bits per heavy atom. The van der Waals surface area contributed by atoms with Crippen LogP contribution in [0.3, 0.4) is 0 Å². The normalized spacial score (nSPS) is 10.3. The zero-order chi connectivity index (χ0) is 13.8. The van der Waals surface area contributed by atoms with Gasteiger partial charge in [0.15, 0.2) is 0 Å². The van der Waals surface area contributed by atoms with E-state index in [1.54, 1.807) is 7.11 Å². The minimum absolute atomic E-state index is 0.489. The Bertz CT molecular complexity index is 557. The van der Waals surface area contributed by atoms with Crippen molar-refractivity contribution in [2.45, 2.75) is 5.88 Å². The van der Waals surface area contributed by atoms with E-state index in [0.717, 1.165) is 27.2 Å². The quantitative estimate of drug-likeness (QED) is 0.729. The Kier molecular flexibility index (Phi) is 4.72. The summed E-state index contributed by atoms with van der Waals surface area (Å²) in [5.41, 5.74) is 3.28. The van der Waals surface area contributed by atoms with Crippen LogP contribution in [-0.2, 0) is 5.88 Å². The lowest BCUT2D eigenvalue weighted by molar-refractivity contribution is 0.415. The molecule has 19 heavy (non-hydrogen) atoms. The van der Waals surface area contributed by atoms with E-state index in [0.29, 0.717) is 5.88 Å². The Labute approximate surface area is 127 Å². The molecule has 0 radical (unpaired) electrons. The van der Waals surface area contributed by atoms with Gasteiger partial charge in [-0.25, -0.2) is 0 Å². The van der Waals surface area contributed by atoms with Crippen LogP contribution in [0.25, 0.3) is 0 Å². The van der Waals surface area contributed by atoms with Crippen molar-refractivity contribution >= 4 is 38.9 Å². The first-order valence-electron chi connectivity index (χ1n) is 5.88. The zero-order valence-electron chi connectivity index (χ0n) is 10.9. The van der Waals surface area contributed by atoms with E-state index in [4.69, 9.17) is 16.3 Å². The maximum atomic E-state index is 6.00. The molecular weight excluding hydrogens is 326 g/mol. The van der Waals surface area contributed by atoms with Crippen LogP contribution in [0.1, 0.15) is 5.56 Å². The molecule has 0 aliphatic heterocycles. The van der Waals surface area contributed by atoms with E-state index in [9.17, 15) is 0 Å². The predicted octanol–water partition coefficient (Wildman–Crippen LogP) is 4.96. The maximum Gasteiger partial charge on any atom is 0.119 e. The number of halogens is 2. The van der Waals surface area contributed by atoms with Crippen LogP contribution < -0.4 is 9.64 Å². The fourth-order valence-corrected chi connectivity index (χ4v) is 2.48. The molecule has 0 saturated heterocycles. The smallest absolute Gasteiger partial charge is 0.119 e. The Balaban J connectivity index is 2.36. The molecule has 4 heteroatoms. The van der Waals surface area contributed by atoms with Gasteiger partial charge in [-0.3, -0.25) is 0 Å². The van der Waals surface area contributed by atoms with E-state index in [1.807, 2.05) is 43.4 Å². The molecule has 0 heterocycles. The molecule has 0 amide bonds. The van der Waals surface area contributed by atoms with Gasteiger partial charge in [-0.15, -0.1) is 11.6 Å². The summed E-state index contributed by atoms with van der Waals surface area (Å²) in [5, 5.41) is 0. The maximum absolute atomic E-state index is 6.00. The van der Waals surface area contributed by atoms with Crippen molar-refractivity contribution in [3.63, 3.8) is 0 Å². The molecule has 100 valence electrons. The van der Waals surface area contributed by atoms with Gasteiger partial charge in [-0.2, -0.15) is 0 Å². The van der Waals surface area contributed by atoms with E-state index in [-0.39, 0.29) is 0 Å². The third-order valence-electron chi connectivity index (χ3n) is 3.01. The third kappa shape index (κ3) is 3.23. The van der Waals surface area contributed by atoms with Gasteiger partial charge in [0.05, 0.1) is 7.11 Å². The fourth-order valence-electron chi connectivity index (χ4n) is 1.91. The van der Waals surface area contributed by atoms with E-state index < -0.39 is 0 Å². The summed E-state index contributed by atoms with van der Waals surface area (Å²) in [4.78, 5) is 2.11. The van der Waals surface area contributed by atoms with Crippen molar-refractivity contribution in [3.8, 4) is 5.75 Å². The monoisotopic (exact) mass is 339 g/mol. The van der Waals surface area contributed by atoms with Crippen LogP contribution in [0.4, 0.5) is 11.4 Å². The lowest BCUT2D eigenvalue weighted by Gasteiger charge is -2.22. The minimum Gasteiger partial charge on any atom is -0.497 e. The average molecular weight is 341 g/mol. The predicted molar refractivity (Wildman–Crippen MR) is 84.8 cm³/mol. The van der Waals surface area contributed by atoms with Crippen molar-refractivity contribution in [1.29, 1.82) is 0 Å². The number of rotatable bonds is 4. The zero-order valence-corrected chi connectivity index (χ0v) is 13.2. The fraction of sp³-hybridized carbons (Fsp3) is 0.200. The second-order valence-electron chi connectivity index (χ2n) is 4.16. The molecule has 2 nitrogen and oxygen atoms in total. The molecule has 0 aliphatic carbocycles. The topological polar surface area (TPSA) is 12.5 Å². The van der Waals surface area contributed by atoms with Crippen LogP contribution in [0.2, 0.25) is 0 Å². The van der Waals surface area contributed by atoms with Gasteiger partial charge in [0.25, 0.3) is 0 Å². The first-order valence-corrected chi connectivity index (χ1v) is 7.20. The molecule has 0 fully saturated rings. The number of methoxy groups -OCH3 is 1. The molecule has 0 atom stereocenters. The first-order chi connectivity index (χ1) is 9.15. The van der Waals surface area contributed by atoms with E-state index in [1.165, 1.54) is 0 Å². The van der Waals surface area contributed by atoms with E-state index >= 15 is 0 Å². The van der Waals surface area contributed by atoms with Crippen molar-refractivity contribution in [2.24, 2.45) is 0 Å². The van der Waals surface area contributed by atoms with Crippen LogP contribution in [0.5, 0.6) is 5.75 Å². The van der Waals surface area contributed by atoms with Gasteiger partial charge >= 0.3 is 0 Å². The summed E-state index contributed by atoms with van der Waals surface area (Å²) >= 11 is 9.50. The SMILES string of the molecule is COc1ccc(N(C)c2cc(Br)ccc2CCl)cc1. The molecule has 0 saturated carbocycles. The molecule has 0 aromatic heterocycles. The number of hydrogen-bond donors (Lipinski definition) is 0. The first kappa shape index (κ1) is 14.2. The van der Waals surface area contributed by atoms with Crippen LogP contribution in [-0.4, -0.2) is 14.2 Å². The van der Waals surface area contributed by atoms with Crippen LogP contribution >= 0.6 is 27.5 Å². The molecule has 0 N–H and O–H groups in total. The molecule has 2 rings (SSSR count). The molecule has 2 aromatic rings. The Hall–Kier alpha value is -1.19. The highest BCUT2D eigenvalue weighted by atomic mass is 79.9. The number of anilines is 2. The summed E-state index contributed by atoms with van der Waals surface area (Å²) in [6, 6.07) is 14.1. The van der Waals surface area contributed by atoms with Gasteiger partial charge in [-0.05, 0) is 42.0 Å². The van der Waals surface area contributed by atoms with Crippen LogP contribution in [0.15, 0.2) is 46.9 Å². The number of benzene rings is 2. The van der Waals surface area contributed by atoms with E-state index in [2.05, 4.69) is 26.9 Å². The highest BCUT2D eigenvalue weighted by Crippen LogP contribution is 2.31.